The zero-order valence-corrected chi connectivity index (χ0v) is 17.3. The molecule has 0 fully saturated rings. The first kappa shape index (κ1) is 22.8. The number of carbonyl (C=O) groups is 2. The first-order chi connectivity index (χ1) is 13.8. The topological polar surface area (TPSA) is 104 Å². The highest BCUT2D eigenvalue weighted by Gasteiger charge is 2.41. The summed E-state index contributed by atoms with van der Waals surface area (Å²) in [5, 5.41) is 30.4. The summed E-state index contributed by atoms with van der Waals surface area (Å²) in [5.74, 6) is -0.0136. The number of aliphatic hydroxyl groups excluding tert-OH is 2. The van der Waals surface area contributed by atoms with Crippen LogP contribution in [0.1, 0.15) is 72.7 Å². The van der Waals surface area contributed by atoms with E-state index in [1.54, 1.807) is 6.92 Å². The van der Waals surface area contributed by atoms with E-state index >= 15 is 0 Å². The van der Waals surface area contributed by atoms with Crippen LogP contribution in [0.4, 0.5) is 0 Å². The predicted molar refractivity (Wildman–Crippen MR) is 111 cm³/mol. The summed E-state index contributed by atoms with van der Waals surface area (Å²) >= 11 is 0. The molecule has 6 heteroatoms. The molecule has 29 heavy (non-hydrogen) atoms. The molecular weight excluding hydrogens is 372 g/mol. The number of aromatic hydroxyl groups is 1. The molecule has 1 heterocycles. The maximum Gasteiger partial charge on any atom is 0.154 e. The lowest BCUT2D eigenvalue weighted by atomic mass is 9.84. The number of fused-ring (bicyclic) bond motifs is 1. The van der Waals surface area contributed by atoms with Gasteiger partial charge in [0.05, 0.1) is 18.3 Å². The highest BCUT2D eigenvalue weighted by Crippen LogP contribution is 2.43. The summed E-state index contributed by atoms with van der Waals surface area (Å²) in [7, 11) is 0. The van der Waals surface area contributed by atoms with Gasteiger partial charge in [-0.15, -0.1) is 0 Å². The van der Waals surface area contributed by atoms with E-state index in [1.807, 2.05) is 19.9 Å². The minimum atomic E-state index is -0.990. The van der Waals surface area contributed by atoms with Crippen molar-refractivity contribution in [2.45, 2.75) is 64.6 Å². The van der Waals surface area contributed by atoms with Gasteiger partial charge in [0.25, 0.3) is 0 Å². The lowest BCUT2D eigenvalue weighted by Gasteiger charge is -2.40. The Kier molecular flexibility index (Phi) is 7.76. The Hall–Kier alpha value is -2.44. The van der Waals surface area contributed by atoms with E-state index in [1.165, 1.54) is 11.6 Å². The fourth-order valence-electron chi connectivity index (χ4n) is 3.54. The van der Waals surface area contributed by atoms with E-state index in [0.29, 0.717) is 31.0 Å². The second kappa shape index (κ2) is 9.85. The van der Waals surface area contributed by atoms with E-state index in [4.69, 9.17) is 4.74 Å². The third kappa shape index (κ3) is 5.34. The number of hydrogen-bond acceptors (Lipinski definition) is 6. The van der Waals surface area contributed by atoms with Crippen molar-refractivity contribution in [1.29, 1.82) is 0 Å². The number of benzene rings is 1. The molecule has 2 atom stereocenters. The largest absolute Gasteiger partial charge is 0.508 e. The number of hydrogen-bond donors (Lipinski definition) is 3. The lowest BCUT2D eigenvalue weighted by Crippen LogP contribution is -2.49. The van der Waals surface area contributed by atoms with Crippen LogP contribution >= 0.6 is 0 Å². The van der Waals surface area contributed by atoms with Crippen molar-refractivity contribution in [3.63, 3.8) is 0 Å². The molecule has 1 aliphatic rings. The molecule has 2 rings (SSSR count). The van der Waals surface area contributed by atoms with Crippen LogP contribution in [0, 0.1) is 0 Å². The molecule has 0 aromatic heterocycles. The maximum absolute atomic E-state index is 11.5. The fraction of sp³-hybridized carbons (Fsp3) is 0.478. The van der Waals surface area contributed by atoms with Crippen LogP contribution in [0.3, 0.4) is 0 Å². The number of carbonyl (C=O) groups excluding carboxylic acids is 2. The van der Waals surface area contributed by atoms with Gasteiger partial charge in [-0.3, -0.25) is 9.59 Å². The first-order valence-electron chi connectivity index (χ1n) is 9.84. The number of phenolic OH excluding ortho intramolecular Hbond substituents is 1. The van der Waals surface area contributed by atoms with Gasteiger partial charge in [-0.2, -0.15) is 0 Å². The van der Waals surface area contributed by atoms with Crippen LogP contribution in [-0.2, 0) is 6.42 Å². The van der Waals surface area contributed by atoms with Crippen LogP contribution in [0.15, 0.2) is 29.4 Å². The quantitative estimate of drug-likeness (QED) is 0.431. The Labute approximate surface area is 171 Å². The second-order valence-electron chi connectivity index (χ2n) is 7.96. The van der Waals surface area contributed by atoms with Crippen molar-refractivity contribution in [2.75, 3.05) is 6.61 Å². The maximum atomic E-state index is 11.5. The number of aliphatic hydroxyl groups is 2. The predicted octanol–water partition coefficient (Wildman–Crippen LogP) is 3.52. The fourth-order valence-corrected chi connectivity index (χ4v) is 3.54. The van der Waals surface area contributed by atoms with Crippen molar-refractivity contribution < 1.29 is 29.6 Å². The molecule has 0 saturated carbocycles. The van der Waals surface area contributed by atoms with Gasteiger partial charge < -0.3 is 20.1 Å². The smallest absolute Gasteiger partial charge is 0.154 e. The van der Waals surface area contributed by atoms with Gasteiger partial charge in [-0.05, 0) is 58.1 Å². The van der Waals surface area contributed by atoms with E-state index in [-0.39, 0.29) is 35.7 Å². The normalized spacial score (nSPS) is 21.1. The van der Waals surface area contributed by atoms with E-state index in [2.05, 4.69) is 6.08 Å². The summed E-state index contributed by atoms with van der Waals surface area (Å²) in [6.07, 6.45) is 6.97. The molecule has 0 bridgehead atoms. The number of allylic oxidation sites excluding steroid dienone is 3. The minimum absolute atomic E-state index is 0.0224. The molecule has 1 aromatic rings. The van der Waals surface area contributed by atoms with Crippen LogP contribution < -0.4 is 4.74 Å². The molecule has 0 saturated heterocycles. The van der Waals surface area contributed by atoms with Crippen molar-refractivity contribution in [2.24, 2.45) is 0 Å². The average Bonchev–Trinajstić information content (AvgIpc) is 2.68. The van der Waals surface area contributed by atoms with Gasteiger partial charge in [-0.1, -0.05) is 17.7 Å². The molecule has 2 unspecified atom stereocenters. The number of ether oxygens (including phenoxy) is 1. The molecule has 1 aromatic carbocycles. The molecule has 158 valence electrons. The molecular formula is C23H30O6. The van der Waals surface area contributed by atoms with E-state index in [0.717, 1.165) is 18.4 Å². The van der Waals surface area contributed by atoms with Gasteiger partial charge in [0.2, 0.25) is 0 Å². The van der Waals surface area contributed by atoms with Crippen LogP contribution in [0.5, 0.6) is 11.5 Å². The third-order valence-electron chi connectivity index (χ3n) is 5.41. The van der Waals surface area contributed by atoms with Gasteiger partial charge in [0, 0.05) is 17.5 Å². The monoisotopic (exact) mass is 402 g/mol. The SMILES string of the molecule is CC(C)=CCCC(=CCCC1(C)Oc2c(C=O)c(C=O)cc(O)c2CC1O)CO. The summed E-state index contributed by atoms with van der Waals surface area (Å²) in [6.45, 7) is 5.79. The lowest BCUT2D eigenvalue weighted by molar-refractivity contribution is -0.0595. The van der Waals surface area contributed by atoms with E-state index < -0.39 is 11.7 Å². The molecule has 0 aliphatic carbocycles. The molecule has 0 amide bonds. The molecule has 1 aliphatic heterocycles. The van der Waals surface area contributed by atoms with Crippen molar-refractivity contribution in [1.82, 2.24) is 0 Å². The standard InChI is InChI=1S/C23H30O6/c1-15(2)6-4-7-16(12-24)8-5-9-23(3)21(28)11-18-20(27)10-17(13-25)19(14-26)22(18)29-23/h6,8,10,13-14,21,24,27-28H,4-5,7,9,11-12H2,1-3H3. The summed E-state index contributed by atoms with van der Waals surface area (Å²) in [4.78, 5) is 22.8. The second-order valence-corrected chi connectivity index (χ2v) is 7.96. The van der Waals surface area contributed by atoms with Crippen molar-refractivity contribution in [3.8, 4) is 11.5 Å². The Bertz CT molecular complexity index is 819. The van der Waals surface area contributed by atoms with Gasteiger partial charge >= 0.3 is 0 Å². The number of phenols is 1. The van der Waals surface area contributed by atoms with Crippen molar-refractivity contribution in [3.05, 3.63) is 46.1 Å². The summed E-state index contributed by atoms with van der Waals surface area (Å²) in [6, 6.07) is 1.22. The van der Waals surface area contributed by atoms with Gasteiger partial charge in [0.15, 0.2) is 12.6 Å². The van der Waals surface area contributed by atoms with E-state index in [9.17, 15) is 24.9 Å². The first-order valence-corrected chi connectivity index (χ1v) is 9.84. The van der Waals surface area contributed by atoms with Crippen LogP contribution in [0.2, 0.25) is 0 Å². The summed E-state index contributed by atoms with van der Waals surface area (Å²) in [5.41, 5.74) is 1.63. The highest BCUT2D eigenvalue weighted by molar-refractivity contribution is 5.94. The molecule has 0 radical (unpaired) electrons. The zero-order chi connectivity index (χ0) is 21.6. The molecule has 3 N–H and O–H groups in total. The summed E-state index contributed by atoms with van der Waals surface area (Å²) < 4.78 is 6.00. The van der Waals surface area contributed by atoms with Gasteiger partial charge in [-0.25, -0.2) is 0 Å². The Morgan fingerprint density at radius 3 is 2.55 bits per heavy atom. The Morgan fingerprint density at radius 1 is 1.24 bits per heavy atom. The van der Waals surface area contributed by atoms with Crippen molar-refractivity contribution >= 4 is 12.6 Å². The van der Waals surface area contributed by atoms with Gasteiger partial charge in [0.1, 0.15) is 17.1 Å². The van der Waals surface area contributed by atoms with Crippen LogP contribution in [-0.4, -0.2) is 46.2 Å². The zero-order valence-electron chi connectivity index (χ0n) is 17.3. The molecule has 0 spiro atoms. The van der Waals surface area contributed by atoms with Crippen LogP contribution in [0.25, 0.3) is 0 Å². The highest BCUT2D eigenvalue weighted by atomic mass is 16.5. The molecule has 6 nitrogen and oxygen atoms in total. The third-order valence-corrected chi connectivity index (χ3v) is 5.41. The average molecular weight is 402 g/mol. The number of aldehydes is 2. The minimum Gasteiger partial charge on any atom is -0.508 e. The Morgan fingerprint density at radius 2 is 1.97 bits per heavy atom. The number of rotatable bonds is 9. The Balaban J connectivity index is 2.20.